The van der Waals surface area contributed by atoms with Gasteiger partial charge in [0, 0.05) is 17.5 Å². The number of aryl methyl sites for hydroxylation is 1. The van der Waals surface area contributed by atoms with Gasteiger partial charge < -0.3 is 14.5 Å². The minimum Gasteiger partial charge on any atom is -0.450 e. The number of ether oxygens (including phenoxy) is 1. The summed E-state index contributed by atoms with van der Waals surface area (Å²) >= 11 is 6.01. The van der Waals surface area contributed by atoms with Crippen LogP contribution in [-0.2, 0) is 9.53 Å². The number of hydrogen-bond donors (Lipinski definition) is 1. The first kappa shape index (κ1) is 15.1. The van der Waals surface area contributed by atoms with Gasteiger partial charge in [-0.25, -0.2) is 4.79 Å². The Kier molecular flexibility index (Phi) is 4.65. The zero-order valence-corrected chi connectivity index (χ0v) is 12.2. The summed E-state index contributed by atoms with van der Waals surface area (Å²) in [6.07, 6.45) is 1.53. The van der Waals surface area contributed by atoms with Gasteiger partial charge in [0.25, 0.3) is 5.91 Å². The number of esters is 1. The lowest BCUT2D eigenvalue weighted by atomic mass is 10.1. The molecule has 0 saturated carbocycles. The highest BCUT2D eigenvalue weighted by Crippen LogP contribution is 2.30. The number of carbonyl (C=O) groups excluding carboxylic acids is 2. The van der Waals surface area contributed by atoms with Crippen molar-refractivity contribution >= 4 is 34.4 Å². The molecule has 1 amide bonds. The molecule has 0 fully saturated rings. The number of para-hydroxylation sites is 1. The molecular formula is C15H14ClNO4. The number of benzene rings is 1. The van der Waals surface area contributed by atoms with Crippen LogP contribution >= 0.6 is 11.6 Å². The Morgan fingerprint density at radius 3 is 2.90 bits per heavy atom. The van der Waals surface area contributed by atoms with Crippen LogP contribution in [-0.4, -0.2) is 25.0 Å². The van der Waals surface area contributed by atoms with Gasteiger partial charge in [-0.3, -0.25) is 4.79 Å². The smallest absolute Gasteiger partial charge is 0.375 e. The van der Waals surface area contributed by atoms with E-state index in [9.17, 15) is 9.59 Å². The molecule has 110 valence electrons. The molecule has 0 unspecified atom stereocenters. The molecule has 1 N–H and O–H groups in total. The average molecular weight is 308 g/mol. The minimum atomic E-state index is -0.700. The molecule has 1 aromatic heterocycles. The summed E-state index contributed by atoms with van der Waals surface area (Å²) in [5, 5.41) is 3.66. The fourth-order valence-electron chi connectivity index (χ4n) is 1.84. The lowest BCUT2D eigenvalue weighted by Crippen LogP contribution is -2.28. The minimum absolute atomic E-state index is 0.0506. The predicted octanol–water partition coefficient (Wildman–Crippen LogP) is 2.85. The molecule has 2 rings (SSSR count). The second-order valence-electron chi connectivity index (χ2n) is 4.34. The third-order valence-electron chi connectivity index (χ3n) is 2.88. The molecule has 0 aliphatic carbocycles. The van der Waals surface area contributed by atoms with Gasteiger partial charge in [0.05, 0.1) is 5.02 Å². The van der Waals surface area contributed by atoms with Gasteiger partial charge in [0.2, 0.25) is 5.76 Å². The summed E-state index contributed by atoms with van der Waals surface area (Å²) in [6, 6.07) is 5.24. The largest absolute Gasteiger partial charge is 0.450 e. The lowest BCUT2D eigenvalue weighted by Gasteiger charge is -2.03. The predicted molar refractivity (Wildman–Crippen MR) is 79.5 cm³/mol. The van der Waals surface area contributed by atoms with Crippen molar-refractivity contribution in [1.29, 1.82) is 0 Å². The van der Waals surface area contributed by atoms with E-state index in [1.54, 1.807) is 25.1 Å². The third kappa shape index (κ3) is 3.25. The van der Waals surface area contributed by atoms with Gasteiger partial charge in [-0.05, 0) is 13.0 Å². The van der Waals surface area contributed by atoms with E-state index in [1.807, 2.05) is 0 Å². The summed E-state index contributed by atoms with van der Waals surface area (Å²) in [6.45, 7) is 5.14. The first-order chi connectivity index (χ1) is 10.0. The van der Waals surface area contributed by atoms with Crippen LogP contribution in [0.4, 0.5) is 0 Å². The Labute approximate surface area is 126 Å². The van der Waals surface area contributed by atoms with Crippen molar-refractivity contribution in [3.63, 3.8) is 0 Å². The van der Waals surface area contributed by atoms with Crippen LogP contribution < -0.4 is 5.32 Å². The van der Waals surface area contributed by atoms with Crippen LogP contribution in [0.2, 0.25) is 5.02 Å². The van der Waals surface area contributed by atoms with Crippen LogP contribution in [0, 0.1) is 6.92 Å². The van der Waals surface area contributed by atoms with Gasteiger partial charge >= 0.3 is 5.97 Å². The van der Waals surface area contributed by atoms with Crippen molar-refractivity contribution in [3.8, 4) is 0 Å². The van der Waals surface area contributed by atoms with Crippen LogP contribution in [0.15, 0.2) is 35.3 Å². The Hall–Kier alpha value is -2.27. The lowest BCUT2D eigenvalue weighted by molar-refractivity contribution is -0.124. The number of halogens is 1. The molecule has 6 heteroatoms. The average Bonchev–Trinajstić information content (AvgIpc) is 2.81. The number of hydrogen-bond acceptors (Lipinski definition) is 4. The van der Waals surface area contributed by atoms with Crippen LogP contribution in [0.5, 0.6) is 0 Å². The number of carbonyl (C=O) groups is 2. The SMILES string of the molecule is C=CCNC(=O)COC(=O)c1oc2c(Cl)cccc2c1C. The van der Waals surface area contributed by atoms with Crippen molar-refractivity contribution < 1.29 is 18.7 Å². The van der Waals surface area contributed by atoms with Gasteiger partial charge in [0.1, 0.15) is 0 Å². The maximum atomic E-state index is 12.0. The van der Waals surface area contributed by atoms with Crippen molar-refractivity contribution in [2.45, 2.75) is 6.92 Å². The molecule has 0 aliphatic heterocycles. The monoisotopic (exact) mass is 307 g/mol. The molecule has 0 bridgehead atoms. The van der Waals surface area contributed by atoms with E-state index < -0.39 is 11.9 Å². The summed E-state index contributed by atoms with van der Waals surface area (Å²) in [4.78, 5) is 23.3. The molecule has 2 aromatic rings. The normalized spacial score (nSPS) is 10.4. The Balaban J connectivity index is 2.13. The highest BCUT2D eigenvalue weighted by Gasteiger charge is 2.20. The highest BCUT2D eigenvalue weighted by atomic mass is 35.5. The van der Waals surface area contributed by atoms with Gasteiger partial charge in [0.15, 0.2) is 12.2 Å². The Morgan fingerprint density at radius 2 is 2.24 bits per heavy atom. The van der Waals surface area contributed by atoms with Gasteiger partial charge in [-0.2, -0.15) is 0 Å². The van der Waals surface area contributed by atoms with Crippen molar-refractivity contribution in [2.24, 2.45) is 0 Å². The van der Waals surface area contributed by atoms with E-state index in [4.69, 9.17) is 20.8 Å². The zero-order valence-electron chi connectivity index (χ0n) is 11.4. The standard InChI is InChI=1S/C15H14ClNO4/c1-3-7-17-12(18)8-20-15(19)13-9(2)10-5-4-6-11(16)14(10)21-13/h3-6H,1,7-8H2,2H3,(H,17,18). The second kappa shape index (κ2) is 6.45. The number of nitrogens with one attached hydrogen (secondary N) is 1. The Bertz CT molecular complexity index is 705. The summed E-state index contributed by atoms with van der Waals surface area (Å²) in [7, 11) is 0. The van der Waals surface area contributed by atoms with Crippen LogP contribution in [0.25, 0.3) is 11.0 Å². The topological polar surface area (TPSA) is 68.5 Å². The molecule has 0 aliphatic rings. The number of rotatable bonds is 5. The highest BCUT2D eigenvalue weighted by molar-refractivity contribution is 6.35. The maximum Gasteiger partial charge on any atom is 0.375 e. The second-order valence-corrected chi connectivity index (χ2v) is 4.75. The summed E-state index contributed by atoms with van der Waals surface area (Å²) in [5.41, 5.74) is 1.06. The molecule has 0 spiro atoms. The zero-order chi connectivity index (χ0) is 15.4. The van der Waals surface area contributed by atoms with E-state index >= 15 is 0 Å². The molecule has 0 saturated heterocycles. The molecule has 21 heavy (non-hydrogen) atoms. The number of amides is 1. The fourth-order valence-corrected chi connectivity index (χ4v) is 2.05. The summed E-state index contributed by atoms with van der Waals surface area (Å²) in [5.74, 6) is -1.06. The molecular weight excluding hydrogens is 294 g/mol. The first-order valence-electron chi connectivity index (χ1n) is 6.27. The van der Waals surface area contributed by atoms with Gasteiger partial charge in [-0.15, -0.1) is 6.58 Å². The quantitative estimate of drug-likeness (QED) is 0.681. The molecule has 1 heterocycles. The van der Waals surface area contributed by atoms with E-state index in [-0.39, 0.29) is 12.4 Å². The van der Waals surface area contributed by atoms with Crippen molar-refractivity contribution in [2.75, 3.05) is 13.2 Å². The van der Waals surface area contributed by atoms with Crippen LogP contribution in [0.1, 0.15) is 16.1 Å². The fraction of sp³-hybridized carbons (Fsp3) is 0.200. The molecule has 1 aromatic carbocycles. The maximum absolute atomic E-state index is 12.0. The number of fused-ring (bicyclic) bond motifs is 1. The molecule has 0 atom stereocenters. The van der Waals surface area contributed by atoms with Crippen molar-refractivity contribution in [1.82, 2.24) is 5.32 Å². The van der Waals surface area contributed by atoms with E-state index in [0.717, 1.165) is 5.39 Å². The van der Waals surface area contributed by atoms with Gasteiger partial charge in [-0.1, -0.05) is 29.8 Å². The van der Waals surface area contributed by atoms with E-state index in [0.29, 0.717) is 22.7 Å². The van der Waals surface area contributed by atoms with Crippen molar-refractivity contribution in [3.05, 3.63) is 47.2 Å². The third-order valence-corrected chi connectivity index (χ3v) is 3.18. The molecule has 0 radical (unpaired) electrons. The summed E-state index contributed by atoms with van der Waals surface area (Å²) < 4.78 is 10.4. The van der Waals surface area contributed by atoms with E-state index in [1.165, 1.54) is 6.08 Å². The number of furan rings is 1. The van der Waals surface area contributed by atoms with Crippen LogP contribution in [0.3, 0.4) is 0 Å². The first-order valence-corrected chi connectivity index (χ1v) is 6.64. The molecule has 5 nitrogen and oxygen atoms in total. The van der Waals surface area contributed by atoms with E-state index in [2.05, 4.69) is 11.9 Å². The Morgan fingerprint density at radius 1 is 1.48 bits per heavy atom.